The Labute approximate surface area is 243 Å². The van der Waals surface area contributed by atoms with E-state index in [2.05, 4.69) is 10.6 Å². The first-order chi connectivity index (χ1) is 19.8. The van der Waals surface area contributed by atoms with Gasteiger partial charge in [-0.2, -0.15) is 0 Å². The summed E-state index contributed by atoms with van der Waals surface area (Å²) in [4.78, 5) is 22.1. The van der Waals surface area contributed by atoms with E-state index in [-0.39, 0.29) is 17.2 Å². The van der Waals surface area contributed by atoms with Crippen LogP contribution >= 0.6 is 0 Å². The van der Waals surface area contributed by atoms with E-state index in [0.29, 0.717) is 44.2 Å². The molecule has 208 valence electrons. The molecule has 5 aromatic rings. The maximum absolute atomic E-state index is 13.7. The summed E-state index contributed by atoms with van der Waals surface area (Å²) < 4.78 is 38.5. The van der Waals surface area contributed by atoms with Crippen LogP contribution in [-0.4, -0.2) is 53.1 Å². The Bertz CT molecular complexity index is 1800. The normalized spacial score (nSPS) is 11.5. The number of ether oxygens (including phenoxy) is 2. The van der Waals surface area contributed by atoms with Gasteiger partial charge >= 0.3 is 244 Å². The Balaban J connectivity index is 1.44. The molecule has 0 aliphatic carbocycles. The molecular weight excluding hydrogens is 603 g/mol. The zero-order valence-electron chi connectivity index (χ0n) is 22.3. The number of carbonyl (C=O) groups is 1. The van der Waals surface area contributed by atoms with Crippen molar-refractivity contribution in [3.8, 4) is 11.5 Å². The van der Waals surface area contributed by atoms with Crippen LogP contribution in [0.2, 0.25) is 0 Å². The number of hydrogen-bond acceptors (Lipinski definition) is 8. The van der Waals surface area contributed by atoms with Crippen molar-refractivity contribution in [2.24, 2.45) is 0 Å². The van der Waals surface area contributed by atoms with Crippen LogP contribution in [0.4, 0.5) is 17.2 Å². The first kappa shape index (κ1) is 28.1. The van der Waals surface area contributed by atoms with E-state index in [4.69, 9.17) is 19.4 Å². The molecule has 1 atom stereocenters. The van der Waals surface area contributed by atoms with Crippen molar-refractivity contribution in [3.63, 3.8) is 0 Å². The molecule has 0 fully saturated rings. The van der Waals surface area contributed by atoms with Crippen LogP contribution in [0.1, 0.15) is 5.56 Å². The van der Waals surface area contributed by atoms with Gasteiger partial charge in [-0.25, -0.2) is 0 Å². The van der Waals surface area contributed by atoms with Crippen molar-refractivity contribution < 1.29 is 22.7 Å². The van der Waals surface area contributed by atoms with Gasteiger partial charge in [-0.15, -0.1) is 0 Å². The molecule has 9 nitrogen and oxygen atoms in total. The van der Waals surface area contributed by atoms with Crippen LogP contribution in [0.5, 0.6) is 11.5 Å². The van der Waals surface area contributed by atoms with Crippen LogP contribution in [0.3, 0.4) is 0 Å². The quantitative estimate of drug-likeness (QED) is 0.222. The number of anilines is 3. The molecule has 0 spiro atoms. The summed E-state index contributed by atoms with van der Waals surface area (Å²) in [6.07, 6.45) is 0.183. The third kappa shape index (κ3) is 7.03. The van der Waals surface area contributed by atoms with E-state index < -0.39 is 22.7 Å². The Morgan fingerprint density at radius 2 is 1.44 bits per heavy atom. The summed E-state index contributed by atoms with van der Waals surface area (Å²) in [5, 5.41) is 6.03. The number of nitrogens with one attached hydrogen (secondary N) is 2. The summed E-state index contributed by atoms with van der Waals surface area (Å²) in [5.41, 5.74) is 3.10. The molecule has 0 saturated heterocycles. The van der Waals surface area contributed by atoms with Crippen molar-refractivity contribution in [3.05, 3.63) is 103 Å². The van der Waals surface area contributed by atoms with Gasteiger partial charge in [0.1, 0.15) is 0 Å². The average molecular weight is 631 g/mol. The third-order valence-electron chi connectivity index (χ3n) is 6.05. The zero-order chi connectivity index (χ0) is 28.8. The van der Waals surface area contributed by atoms with Gasteiger partial charge in [0, 0.05) is 0 Å². The number of rotatable bonds is 10. The Hall–Kier alpha value is -4.40. The number of aromatic nitrogens is 2. The van der Waals surface area contributed by atoms with Gasteiger partial charge in [0.15, 0.2) is 0 Å². The van der Waals surface area contributed by atoms with Crippen molar-refractivity contribution in [2.45, 2.75) is 11.3 Å². The number of nitrogens with zero attached hydrogens (tertiary/aromatic N) is 2. The Morgan fingerprint density at radius 3 is 2.12 bits per heavy atom. The van der Waals surface area contributed by atoms with Crippen molar-refractivity contribution in [1.82, 2.24) is 9.97 Å². The van der Waals surface area contributed by atoms with Crippen LogP contribution in [0, 0.1) is 0 Å². The van der Waals surface area contributed by atoms with Gasteiger partial charge in [0.25, 0.3) is 0 Å². The molecule has 1 aromatic heterocycles. The molecule has 1 unspecified atom stereocenters. The number of amides is 1. The topological polar surface area (TPSA) is 120 Å². The first-order valence-electron chi connectivity index (χ1n) is 12.6. The van der Waals surface area contributed by atoms with E-state index in [1.54, 1.807) is 50.6 Å². The van der Waals surface area contributed by atoms with Crippen LogP contribution < -0.4 is 24.6 Å². The molecule has 0 aliphatic rings. The first-order valence-corrected chi connectivity index (χ1v) is 17.7. The molecule has 2 N–H and O–H groups in total. The van der Waals surface area contributed by atoms with E-state index in [9.17, 15) is 13.2 Å². The van der Waals surface area contributed by atoms with Crippen LogP contribution in [0.25, 0.3) is 11.0 Å². The van der Waals surface area contributed by atoms with E-state index in [1.807, 2.05) is 48.5 Å². The second-order valence-electron chi connectivity index (χ2n) is 8.98. The molecule has 41 heavy (non-hydrogen) atoms. The molecule has 0 aliphatic heterocycles. The van der Waals surface area contributed by atoms with E-state index >= 15 is 0 Å². The van der Waals surface area contributed by atoms with Gasteiger partial charge in [-0.05, 0) is 0 Å². The second-order valence-corrected chi connectivity index (χ2v) is 16.3. The minimum absolute atomic E-state index is 0.110. The SMILES string of the molecule is COc1cc(Nc2nc3ccccc3nc2[AsH]S(=O)(=O)c2cccc(NC(=O)Cc3ccccc3)c2)cc(OC)c1. The predicted octanol–water partition coefficient (Wildman–Crippen LogP) is 4.02. The fourth-order valence-electron chi connectivity index (χ4n) is 4.09. The van der Waals surface area contributed by atoms with Gasteiger partial charge in [-0.1, -0.05) is 0 Å². The second kappa shape index (κ2) is 12.4. The zero-order valence-corrected chi connectivity index (χ0v) is 25.2. The standard InChI is InChI=1S/C30H27AsN4O5S/c1-39-23-16-22(17-24(19-23)40-2)33-30-29(34-26-13-6-7-14-27(26)35-30)31-41(37,38)25-12-8-11-21(18-25)32-28(36)15-20-9-4-3-5-10-20/h3-14,16-19,31H,15H2,1-2H3,(H,32,36)(H,33,35). The average Bonchev–Trinajstić information content (AvgIpc) is 2.97. The maximum atomic E-state index is 13.7. The summed E-state index contributed by atoms with van der Waals surface area (Å²) in [5.74, 6) is 1.24. The molecule has 0 saturated carbocycles. The summed E-state index contributed by atoms with van der Waals surface area (Å²) in [6.45, 7) is 0. The van der Waals surface area contributed by atoms with Gasteiger partial charge in [0.05, 0.1) is 0 Å². The van der Waals surface area contributed by atoms with Gasteiger partial charge in [0.2, 0.25) is 0 Å². The molecular formula is C30H27AsN4O5S. The molecule has 5 rings (SSSR count). The van der Waals surface area contributed by atoms with Crippen LogP contribution in [-0.2, 0) is 19.3 Å². The third-order valence-corrected chi connectivity index (χ3v) is 12.5. The molecule has 4 aromatic carbocycles. The van der Waals surface area contributed by atoms with Gasteiger partial charge in [-0.3, -0.25) is 0 Å². The predicted molar refractivity (Wildman–Crippen MR) is 162 cm³/mol. The summed E-state index contributed by atoms with van der Waals surface area (Å²) in [6, 6.07) is 28.2. The molecule has 1 amide bonds. The number of para-hydroxylation sites is 2. The Kier molecular flexibility index (Phi) is 8.52. The number of fused-ring (bicyclic) bond motifs is 1. The minimum atomic E-state index is -3.76. The van der Waals surface area contributed by atoms with Crippen LogP contribution in [0.15, 0.2) is 102 Å². The molecule has 0 radical (unpaired) electrons. The molecule has 0 bridgehead atoms. The van der Waals surface area contributed by atoms with E-state index in [0.717, 1.165) is 5.56 Å². The monoisotopic (exact) mass is 630 g/mol. The number of carbonyl (C=O) groups excluding carboxylic acids is 1. The Morgan fingerprint density at radius 1 is 0.780 bits per heavy atom. The number of methoxy groups -OCH3 is 2. The van der Waals surface area contributed by atoms with Crippen molar-refractivity contribution >= 4 is 61.3 Å². The number of benzene rings is 4. The fourth-order valence-corrected chi connectivity index (χ4v) is 9.68. The summed E-state index contributed by atoms with van der Waals surface area (Å²) >= 11 is -1.91. The molecule has 1 heterocycles. The van der Waals surface area contributed by atoms with E-state index in [1.165, 1.54) is 12.1 Å². The van der Waals surface area contributed by atoms with Crippen molar-refractivity contribution in [1.29, 1.82) is 0 Å². The molecule has 11 heteroatoms. The number of hydrogen-bond donors (Lipinski definition) is 2. The fraction of sp³-hybridized carbons (Fsp3) is 0.100. The summed E-state index contributed by atoms with van der Waals surface area (Å²) in [7, 11) is -0.653. The van der Waals surface area contributed by atoms with Crippen molar-refractivity contribution in [2.75, 3.05) is 24.9 Å². The van der Waals surface area contributed by atoms with Gasteiger partial charge < -0.3 is 0 Å².